The van der Waals surface area contributed by atoms with E-state index < -0.39 is 4.92 Å². The van der Waals surface area contributed by atoms with Crippen molar-refractivity contribution in [3.05, 3.63) is 98.0 Å². The van der Waals surface area contributed by atoms with Crippen molar-refractivity contribution in [3.63, 3.8) is 0 Å². The van der Waals surface area contributed by atoms with Crippen LogP contribution in [0.1, 0.15) is 29.3 Å². The molecule has 4 rings (SSSR count). The number of amidine groups is 1. The third kappa shape index (κ3) is 5.09. The van der Waals surface area contributed by atoms with E-state index in [1.54, 1.807) is 71.1 Å². The van der Waals surface area contributed by atoms with Crippen molar-refractivity contribution in [3.8, 4) is 0 Å². The molecule has 170 valence electrons. The molecule has 1 aliphatic rings. The Balaban J connectivity index is 0.00000306. The molecule has 8 nitrogen and oxygen atoms in total. The number of halogens is 3. The highest BCUT2D eigenvalue weighted by Crippen LogP contribution is 2.32. The molecular formula is C22H18Cl3N5O3. The van der Waals surface area contributed by atoms with Crippen molar-refractivity contribution in [1.82, 2.24) is 0 Å². The number of quaternary nitrogens is 1. The molecule has 0 bridgehead atoms. The number of nitrogens with two attached hydrogens (primary N) is 1. The van der Waals surface area contributed by atoms with Crippen molar-refractivity contribution in [2.24, 2.45) is 5.10 Å². The van der Waals surface area contributed by atoms with Crippen LogP contribution in [0.5, 0.6) is 0 Å². The van der Waals surface area contributed by atoms with Crippen LogP contribution >= 0.6 is 23.2 Å². The second-order valence-electron chi connectivity index (χ2n) is 6.98. The van der Waals surface area contributed by atoms with Crippen LogP contribution in [0.2, 0.25) is 10.0 Å². The molecule has 1 heterocycles. The molecule has 0 amide bonds. The summed E-state index contributed by atoms with van der Waals surface area (Å²) >= 11 is 12.5. The van der Waals surface area contributed by atoms with E-state index in [1.165, 1.54) is 12.1 Å². The predicted molar refractivity (Wildman–Crippen MR) is 124 cm³/mol. The lowest BCUT2D eigenvalue weighted by molar-refractivity contribution is -0.545. The zero-order valence-corrected chi connectivity index (χ0v) is 19.6. The van der Waals surface area contributed by atoms with E-state index >= 15 is 0 Å². The maximum absolute atomic E-state index is 12.2. The summed E-state index contributed by atoms with van der Waals surface area (Å²) in [4.78, 5) is 23.0. The van der Waals surface area contributed by atoms with Gasteiger partial charge in [-0.1, -0.05) is 53.4 Å². The van der Waals surface area contributed by atoms with Gasteiger partial charge in [-0.25, -0.2) is 0 Å². The van der Waals surface area contributed by atoms with Crippen LogP contribution in [0.25, 0.3) is 0 Å². The monoisotopic (exact) mass is 505 g/mol. The summed E-state index contributed by atoms with van der Waals surface area (Å²) in [6.45, 7) is 1.81. The number of nitro benzene ring substituents is 1. The largest absolute Gasteiger partial charge is 1.00 e. The summed E-state index contributed by atoms with van der Waals surface area (Å²) in [6.07, 6.45) is 0.384. The molecule has 0 unspecified atom stereocenters. The Kier molecular flexibility index (Phi) is 7.55. The van der Waals surface area contributed by atoms with Crippen LogP contribution in [0.4, 0.5) is 17.1 Å². The second-order valence-corrected chi connectivity index (χ2v) is 7.82. The van der Waals surface area contributed by atoms with Crippen LogP contribution in [-0.2, 0) is 0 Å². The van der Waals surface area contributed by atoms with E-state index in [-0.39, 0.29) is 23.9 Å². The number of hydrazine groups is 1. The van der Waals surface area contributed by atoms with E-state index in [0.29, 0.717) is 44.8 Å². The van der Waals surface area contributed by atoms with Crippen molar-refractivity contribution in [2.45, 2.75) is 13.3 Å². The fourth-order valence-electron chi connectivity index (χ4n) is 3.28. The lowest BCUT2D eigenvalue weighted by Crippen LogP contribution is -3.00. The average Bonchev–Trinajstić information content (AvgIpc) is 3.24. The Bertz CT molecular complexity index is 1250. The van der Waals surface area contributed by atoms with E-state index in [4.69, 9.17) is 23.2 Å². The summed E-state index contributed by atoms with van der Waals surface area (Å²) in [5.41, 5.74) is 4.07. The van der Waals surface area contributed by atoms with Gasteiger partial charge in [-0.3, -0.25) is 14.9 Å². The molecular weight excluding hydrogens is 489 g/mol. The molecule has 0 spiro atoms. The highest BCUT2D eigenvalue weighted by molar-refractivity contribution is 6.36. The van der Waals surface area contributed by atoms with Gasteiger partial charge in [-0.05, 0) is 36.4 Å². The first-order chi connectivity index (χ1) is 15.4. The van der Waals surface area contributed by atoms with Gasteiger partial charge in [0.15, 0.2) is 5.78 Å². The molecule has 0 saturated carbocycles. The first kappa shape index (κ1) is 24.5. The number of ketones is 1. The second kappa shape index (κ2) is 10.2. The fraction of sp³-hybridized carbons (Fsp3) is 0.0909. The third-order valence-corrected chi connectivity index (χ3v) is 5.42. The Labute approximate surface area is 205 Å². The van der Waals surface area contributed by atoms with Gasteiger partial charge >= 0.3 is 0 Å². The minimum Gasteiger partial charge on any atom is -1.00 e. The molecule has 0 saturated heterocycles. The lowest BCUT2D eigenvalue weighted by atomic mass is 10.1. The van der Waals surface area contributed by atoms with E-state index in [1.807, 2.05) is 6.07 Å². The summed E-state index contributed by atoms with van der Waals surface area (Å²) < 4.78 is 0. The highest BCUT2D eigenvalue weighted by atomic mass is 35.5. The van der Waals surface area contributed by atoms with Crippen molar-refractivity contribution in [1.29, 1.82) is 0 Å². The van der Waals surface area contributed by atoms with E-state index in [0.717, 1.165) is 0 Å². The number of nitrogens with zero attached hydrogens (tertiary/aromatic N) is 4. The fourth-order valence-corrected chi connectivity index (χ4v) is 3.77. The van der Waals surface area contributed by atoms with Gasteiger partial charge in [-0.15, -0.1) is 10.2 Å². The van der Waals surface area contributed by atoms with Crippen LogP contribution < -0.4 is 28.1 Å². The minimum atomic E-state index is -0.454. The molecule has 11 heteroatoms. The average molecular weight is 507 g/mol. The van der Waals surface area contributed by atoms with Crippen LogP contribution in [0.15, 0.2) is 71.8 Å². The van der Waals surface area contributed by atoms with Crippen molar-refractivity contribution < 1.29 is 27.6 Å². The molecule has 0 atom stereocenters. The Hall–Kier alpha value is -3.17. The zero-order chi connectivity index (χ0) is 22.8. The Morgan fingerprint density at radius 1 is 1.09 bits per heavy atom. The molecule has 0 fully saturated rings. The van der Waals surface area contributed by atoms with Crippen LogP contribution in [-0.4, -0.2) is 16.5 Å². The quantitative estimate of drug-likeness (QED) is 0.237. The summed E-state index contributed by atoms with van der Waals surface area (Å²) in [5.74, 6) is 0.508. The maximum Gasteiger partial charge on any atom is 0.277 e. The van der Waals surface area contributed by atoms with Gasteiger partial charge in [-0.2, -0.15) is 5.43 Å². The molecule has 3 aromatic rings. The molecule has 1 aliphatic heterocycles. The van der Waals surface area contributed by atoms with E-state index in [9.17, 15) is 14.9 Å². The van der Waals surface area contributed by atoms with Gasteiger partial charge in [0, 0.05) is 29.1 Å². The zero-order valence-electron chi connectivity index (χ0n) is 17.3. The van der Waals surface area contributed by atoms with Crippen molar-refractivity contribution in [2.75, 3.05) is 10.2 Å². The molecule has 3 aromatic carbocycles. The van der Waals surface area contributed by atoms with Crippen molar-refractivity contribution >= 4 is 51.9 Å². The summed E-state index contributed by atoms with van der Waals surface area (Å²) in [5, 5.41) is 20.0. The van der Waals surface area contributed by atoms with Crippen LogP contribution in [0, 0.1) is 10.1 Å². The molecule has 0 radical (unpaired) electrons. The molecule has 2 N–H and O–H groups in total. The summed E-state index contributed by atoms with van der Waals surface area (Å²) in [7, 11) is 0. The number of hydrazone groups is 1. The normalized spacial score (nSPS) is 12.9. The molecule has 0 aliphatic carbocycles. The standard InChI is InChI=1S/C22H17Cl2N5O3.ClH/c1-2-21(30)14-5-3-7-17(11-14)27-25-22(15-6-4-8-18(12-15)29(31)32)26-28(27)20-10-9-16(23)13-19(20)24;/h3-13H,2H2,1H3,(H,25,26);1H. The van der Waals surface area contributed by atoms with E-state index in [2.05, 4.69) is 5.10 Å². The van der Waals surface area contributed by atoms with Crippen LogP contribution in [0.3, 0.4) is 0 Å². The van der Waals surface area contributed by atoms with Gasteiger partial charge in [0.1, 0.15) is 11.4 Å². The number of hydrogen-bond donors (Lipinski definition) is 1. The highest BCUT2D eigenvalue weighted by Gasteiger charge is 2.33. The SMILES string of the molecule is CCC(=O)c1cccc(N2[NH2+]C(c3cccc([N+](=O)[O-])c3)=NN2c2ccc(Cl)cc2Cl)c1.[Cl-]. The number of non-ortho nitro benzene ring substituents is 1. The van der Waals surface area contributed by atoms with Gasteiger partial charge in [0.05, 0.1) is 15.5 Å². The number of anilines is 2. The topological polar surface area (TPSA) is 95.7 Å². The molecule has 0 aromatic heterocycles. The smallest absolute Gasteiger partial charge is 0.277 e. The molecule has 33 heavy (non-hydrogen) atoms. The predicted octanol–water partition coefficient (Wildman–Crippen LogP) is 1.58. The Morgan fingerprint density at radius 2 is 1.85 bits per heavy atom. The van der Waals surface area contributed by atoms with Gasteiger partial charge in [0.25, 0.3) is 11.5 Å². The van der Waals surface area contributed by atoms with Gasteiger partial charge in [0.2, 0.25) is 0 Å². The third-order valence-electron chi connectivity index (χ3n) is 4.88. The Morgan fingerprint density at radius 3 is 2.55 bits per heavy atom. The first-order valence-corrected chi connectivity index (χ1v) is 10.5. The first-order valence-electron chi connectivity index (χ1n) is 9.73. The number of nitro groups is 1. The number of carbonyl (C=O) groups is 1. The number of hydrogen-bond acceptors (Lipinski definition) is 6. The number of benzene rings is 3. The number of Topliss-reactive ketones (excluding diaryl/α,β-unsaturated/α-hetero) is 1. The van der Waals surface area contributed by atoms with Gasteiger partial charge < -0.3 is 12.4 Å². The number of rotatable bonds is 6. The lowest BCUT2D eigenvalue weighted by Gasteiger charge is -2.24. The number of carbonyl (C=O) groups excluding carboxylic acids is 1. The minimum absolute atomic E-state index is 0. The summed E-state index contributed by atoms with van der Waals surface area (Å²) in [6, 6.07) is 18.4. The maximum atomic E-state index is 12.2.